The molecule has 2 unspecified atom stereocenters. The highest BCUT2D eigenvalue weighted by molar-refractivity contribution is 5.87. The van der Waals surface area contributed by atoms with E-state index in [1.807, 2.05) is 0 Å². The van der Waals surface area contributed by atoms with E-state index >= 15 is 0 Å². The zero-order valence-electron chi connectivity index (χ0n) is 8.83. The molecule has 0 saturated carbocycles. The van der Waals surface area contributed by atoms with E-state index in [2.05, 4.69) is 36.3 Å². The van der Waals surface area contributed by atoms with Gasteiger partial charge in [0.05, 0.1) is 0 Å². The fraction of sp³-hybridized carbons (Fsp3) is 0.333. The number of anilines is 1. The van der Waals surface area contributed by atoms with Gasteiger partial charge in [0.15, 0.2) is 5.88 Å². The number of aromatic nitrogens is 1. The third kappa shape index (κ3) is 1.12. The Labute approximate surface area is 88.1 Å². The van der Waals surface area contributed by atoms with Crippen LogP contribution in [-0.2, 0) is 0 Å². The largest absolute Gasteiger partial charge is 0.495 e. The lowest BCUT2D eigenvalue weighted by molar-refractivity contribution is 0.458. The van der Waals surface area contributed by atoms with Crippen LogP contribution in [-0.4, -0.2) is 16.1 Å². The lowest BCUT2D eigenvalue weighted by atomic mass is 9.98. The smallest absolute Gasteiger partial charge is 0.189 e. The molecule has 3 heteroatoms. The monoisotopic (exact) mass is 202 g/mol. The lowest BCUT2D eigenvalue weighted by Crippen LogP contribution is -2.12. The van der Waals surface area contributed by atoms with Crippen molar-refractivity contribution in [1.29, 1.82) is 0 Å². The second kappa shape index (κ2) is 2.69. The van der Waals surface area contributed by atoms with Gasteiger partial charge in [-0.05, 0) is 24.6 Å². The summed E-state index contributed by atoms with van der Waals surface area (Å²) in [5.41, 5.74) is 3.53. The maximum Gasteiger partial charge on any atom is 0.189 e. The van der Waals surface area contributed by atoms with Gasteiger partial charge in [-0.2, -0.15) is 0 Å². The van der Waals surface area contributed by atoms with E-state index in [1.165, 1.54) is 11.3 Å². The van der Waals surface area contributed by atoms with E-state index in [4.69, 9.17) is 0 Å². The molecule has 3 nitrogen and oxygen atoms in total. The molecule has 1 aromatic carbocycles. The zero-order valence-corrected chi connectivity index (χ0v) is 8.83. The molecular weight excluding hydrogens is 188 g/mol. The average molecular weight is 202 g/mol. The molecule has 2 aromatic rings. The fourth-order valence-electron chi connectivity index (χ4n) is 2.32. The van der Waals surface area contributed by atoms with Crippen LogP contribution in [0.3, 0.4) is 0 Å². The summed E-state index contributed by atoms with van der Waals surface area (Å²) in [5, 5.41) is 13.9. The Hall–Kier alpha value is -1.64. The third-order valence-electron chi connectivity index (χ3n) is 3.40. The number of fused-ring (bicyclic) bond motifs is 2. The van der Waals surface area contributed by atoms with Crippen LogP contribution in [0.15, 0.2) is 18.2 Å². The lowest BCUT2D eigenvalue weighted by Gasteiger charge is -2.08. The number of H-pyrrole nitrogens is 1. The Morgan fingerprint density at radius 3 is 2.80 bits per heavy atom. The number of hydrogen-bond donors (Lipinski definition) is 3. The van der Waals surface area contributed by atoms with Crippen molar-refractivity contribution in [3.05, 3.63) is 23.8 Å². The molecule has 0 saturated heterocycles. The molecule has 1 aliphatic heterocycles. The van der Waals surface area contributed by atoms with Crippen molar-refractivity contribution < 1.29 is 5.11 Å². The predicted molar refractivity (Wildman–Crippen MR) is 61.5 cm³/mol. The highest BCUT2D eigenvalue weighted by atomic mass is 16.3. The van der Waals surface area contributed by atoms with Crippen LogP contribution in [0.5, 0.6) is 5.88 Å². The molecular formula is C12H14N2O. The number of aromatic amines is 1. The molecule has 15 heavy (non-hydrogen) atoms. The summed E-state index contributed by atoms with van der Waals surface area (Å²) < 4.78 is 0. The van der Waals surface area contributed by atoms with Crippen LogP contribution < -0.4 is 5.32 Å². The molecule has 78 valence electrons. The maximum atomic E-state index is 9.37. The van der Waals surface area contributed by atoms with Crippen molar-refractivity contribution in [2.24, 2.45) is 0 Å². The van der Waals surface area contributed by atoms with Crippen molar-refractivity contribution >= 4 is 16.6 Å². The van der Waals surface area contributed by atoms with Crippen molar-refractivity contribution in [2.75, 3.05) is 5.32 Å². The highest BCUT2D eigenvalue weighted by Crippen LogP contribution is 2.38. The van der Waals surface area contributed by atoms with E-state index in [0.29, 0.717) is 12.0 Å². The Morgan fingerprint density at radius 2 is 2.00 bits per heavy atom. The van der Waals surface area contributed by atoms with Gasteiger partial charge in [-0.3, -0.25) is 0 Å². The molecule has 0 aliphatic carbocycles. The quantitative estimate of drug-likeness (QED) is 0.615. The summed E-state index contributed by atoms with van der Waals surface area (Å²) in [7, 11) is 0. The van der Waals surface area contributed by atoms with E-state index in [0.717, 1.165) is 10.9 Å². The molecule has 1 aliphatic rings. The minimum atomic E-state index is 0.231. The Morgan fingerprint density at radius 1 is 1.20 bits per heavy atom. The molecule has 0 fully saturated rings. The van der Waals surface area contributed by atoms with Gasteiger partial charge >= 0.3 is 0 Å². The summed E-state index contributed by atoms with van der Waals surface area (Å²) in [4.78, 5) is 2.95. The summed E-state index contributed by atoms with van der Waals surface area (Å²) in [6.07, 6.45) is 0. The van der Waals surface area contributed by atoms with E-state index in [1.54, 1.807) is 6.07 Å². The van der Waals surface area contributed by atoms with E-state index < -0.39 is 0 Å². The van der Waals surface area contributed by atoms with Crippen molar-refractivity contribution in [3.8, 4) is 5.88 Å². The minimum absolute atomic E-state index is 0.231. The molecule has 0 radical (unpaired) electrons. The van der Waals surface area contributed by atoms with Crippen molar-refractivity contribution in [2.45, 2.75) is 25.8 Å². The Balaban J connectivity index is 2.25. The zero-order chi connectivity index (χ0) is 10.6. The van der Waals surface area contributed by atoms with Crippen molar-refractivity contribution in [1.82, 2.24) is 4.98 Å². The first-order valence-electron chi connectivity index (χ1n) is 5.27. The number of benzene rings is 1. The first-order valence-corrected chi connectivity index (χ1v) is 5.27. The first-order chi connectivity index (χ1) is 7.15. The maximum absolute atomic E-state index is 9.37. The molecule has 2 atom stereocenters. The second-order valence-electron chi connectivity index (χ2n) is 4.40. The summed E-state index contributed by atoms with van der Waals surface area (Å²) in [5.74, 6) is 0.754. The van der Waals surface area contributed by atoms with Gasteiger partial charge in [-0.1, -0.05) is 6.92 Å². The van der Waals surface area contributed by atoms with Crippen LogP contribution in [0.25, 0.3) is 10.9 Å². The summed E-state index contributed by atoms with van der Waals surface area (Å²) in [6, 6.07) is 6.47. The van der Waals surface area contributed by atoms with Gasteiger partial charge < -0.3 is 15.4 Å². The van der Waals surface area contributed by atoms with Gasteiger partial charge in [0, 0.05) is 34.6 Å². The first kappa shape index (κ1) is 8.65. The number of aromatic hydroxyl groups is 1. The van der Waals surface area contributed by atoms with Crippen LogP contribution in [0.4, 0.5) is 5.69 Å². The van der Waals surface area contributed by atoms with Crippen LogP contribution in [0.1, 0.15) is 25.3 Å². The van der Waals surface area contributed by atoms with Crippen molar-refractivity contribution in [3.63, 3.8) is 0 Å². The van der Waals surface area contributed by atoms with Gasteiger partial charge in [0.2, 0.25) is 0 Å². The molecule has 2 heterocycles. The van der Waals surface area contributed by atoms with E-state index in [9.17, 15) is 5.11 Å². The molecule has 0 spiro atoms. The molecule has 1 aromatic heterocycles. The van der Waals surface area contributed by atoms with E-state index in [-0.39, 0.29) is 5.88 Å². The summed E-state index contributed by atoms with van der Waals surface area (Å²) in [6.45, 7) is 4.41. The van der Waals surface area contributed by atoms with Gasteiger partial charge in [-0.15, -0.1) is 0 Å². The number of hydrogen-bond acceptors (Lipinski definition) is 2. The minimum Gasteiger partial charge on any atom is -0.495 e. The van der Waals surface area contributed by atoms with Gasteiger partial charge in [-0.25, -0.2) is 0 Å². The van der Waals surface area contributed by atoms with Crippen LogP contribution in [0.2, 0.25) is 0 Å². The SMILES string of the molecule is CC1Nc2cc3cc(O)[nH]c3cc2C1C. The standard InChI is InChI=1S/C12H14N2O/c1-6-7(2)13-11-3-8-4-12(15)14-10(8)5-9(6)11/h3-7,13-15H,1-2H3. The van der Waals surface area contributed by atoms with Crippen LogP contribution in [0, 0.1) is 0 Å². The third-order valence-corrected chi connectivity index (χ3v) is 3.40. The second-order valence-corrected chi connectivity index (χ2v) is 4.40. The molecule has 0 amide bonds. The van der Waals surface area contributed by atoms with Crippen LogP contribution >= 0.6 is 0 Å². The number of rotatable bonds is 0. The molecule has 3 rings (SSSR count). The average Bonchev–Trinajstić information content (AvgIpc) is 2.65. The normalized spacial score (nSPS) is 24.1. The predicted octanol–water partition coefficient (Wildman–Crippen LogP) is 2.79. The Bertz CT molecular complexity index is 530. The summed E-state index contributed by atoms with van der Waals surface area (Å²) >= 11 is 0. The molecule has 0 bridgehead atoms. The molecule has 3 N–H and O–H groups in total. The van der Waals surface area contributed by atoms with Gasteiger partial charge in [0.25, 0.3) is 0 Å². The Kier molecular flexibility index (Phi) is 1.55. The fourth-order valence-corrected chi connectivity index (χ4v) is 2.32. The van der Waals surface area contributed by atoms with Gasteiger partial charge in [0.1, 0.15) is 0 Å². The number of nitrogens with one attached hydrogen (secondary N) is 2. The topological polar surface area (TPSA) is 48.0 Å². The highest BCUT2D eigenvalue weighted by Gasteiger charge is 2.25.